The number of ether oxygens (including phenoxy) is 2. The highest BCUT2D eigenvalue weighted by molar-refractivity contribution is 6.33. The van der Waals surface area contributed by atoms with E-state index in [1.54, 1.807) is 30.5 Å². The third kappa shape index (κ3) is 4.21. The summed E-state index contributed by atoms with van der Waals surface area (Å²) in [6.45, 7) is 1.32. The molecule has 1 N–H and O–H groups in total. The number of carbonyl (C=O) groups excluding carboxylic acids is 1. The summed E-state index contributed by atoms with van der Waals surface area (Å²) in [6, 6.07) is 10.5. The van der Waals surface area contributed by atoms with Crippen LogP contribution in [-0.4, -0.2) is 30.2 Å². The number of benzene rings is 1. The van der Waals surface area contributed by atoms with Gasteiger partial charge in [-0.15, -0.1) is 0 Å². The number of nitrogens with zero attached hydrogens (tertiary/aromatic N) is 1. The number of nitrogens with one attached hydrogen (secondary N) is 1. The van der Waals surface area contributed by atoms with E-state index in [1.165, 1.54) is 0 Å². The Morgan fingerprint density at radius 3 is 3.09 bits per heavy atom. The van der Waals surface area contributed by atoms with Gasteiger partial charge in [0, 0.05) is 24.6 Å². The molecule has 0 aliphatic carbocycles. The Labute approximate surface area is 139 Å². The second kappa shape index (κ2) is 7.44. The van der Waals surface area contributed by atoms with E-state index in [0.29, 0.717) is 23.6 Å². The Hall–Kier alpha value is -2.11. The molecule has 0 saturated carbocycles. The number of rotatable bonds is 5. The molecule has 0 radical (unpaired) electrons. The van der Waals surface area contributed by atoms with Crippen molar-refractivity contribution in [2.24, 2.45) is 0 Å². The lowest BCUT2D eigenvalue weighted by molar-refractivity contribution is 0.0680. The zero-order valence-corrected chi connectivity index (χ0v) is 13.3. The zero-order chi connectivity index (χ0) is 16.1. The topological polar surface area (TPSA) is 60.5 Å². The highest BCUT2D eigenvalue weighted by Gasteiger charge is 2.16. The fraction of sp³-hybridized carbons (Fsp3) is 0.294. The van der Waals surface area contributed by atoms with Gasteiger partial charge in [-0.25, -0.2) is 4.98 Å². The van der Waals surface area contributed by atoms with Crippen molar-refractivity contribution >= 4 is 23.2 Å². The molecular formula is C17H17ClN2O3. The molecule has 0 bridgehead atoms. The number of hydrogen-bond acceptors (Lipinski definition) is 4. The Morgan fingerprint density at radius 2 is 2.30 bits per heavy atom. The van der Waals surface area contributed by atoms with E-state index in [4.69, 9.17) is 21.1 Å². The molecule has 0 spiro atoms. The fourth-order valence-corrected chi connectivity index (χ4v) is 2.59. The van der Waals surface area contributed by atoms with Crippen molar-refractivity contribution in [3.8, 4) is 5.75 Å². The van der Waals surface area contributed by atoms with Gasteiger partial charge in [0.15, 0.2) is 0 Å². The van der Waals surface area contributed by atoms with Gasteiger partial charge in [-0.1, -0.05) is 17.7 Å². The standard InChI is InChI=1S/C17H17ClN2O3/c18-16-15(7-2-8-19-16)17(21)20-12-4-1-5-13(10-12)23-11-14-6-3-9-22-14/h1-2,4-5,7-8,10,14H,3,6,9,11H2,(H,20,21). The molecule has 1 unspecified atom stereocenters. The van der Waals surface area contributed by atoms with Gasteiger partial charge in [0.1, 0.15) is 17.5 Å². The minimum absolute atomic E-state index is 0.155. The highest BCUT2D eigenvalue weighted by atomic mass is 35.5. The van der Waals surface area contributed by atoms with Gasteiger partial charge in [-0.2, -0.15) is 0 Å². The van der Waals surface area contributed by atoms with Crippen LogP contribution in [-0.2, 0) is 4.74 Å². The summed E-state index contributed by atoms with van der Waals surface area (Å²) in [5.74, 6) is 0.384. The quantitative estimate of drug-likeness (QED) is 0.851. The molecule has 1 saturated heterocycles. The van der Waals surface area contributed by atoms with Crippen molar-refractivity contribution in [3.63, 3.8) is 0 Å². The van der Waals surface area contributed by atoms with Crippen LogP contribution in [0.4, 0.5) is 5.69 Å². The molecule has 3 rings (SSSR count). The molecule has 6 heteroatoms. The molecule has 1 aromatic heterocycles. The number of halogens is 1. The lowest BCUT2D eigenvalue weighted by Crippen LogP contribution is -2.16. The summed E-state index contributed by atoms with van der Waals surface area (Å²) in [5.41, 5.74) is 0.972. The van der Waals surface area contributed by atoms with Gasteiger partial charge in [-0.3, -0.25) is 4.79 Å². The predicted molar refractivity (Wildman–Crippen MR) is 88.1 cm³/mol. The predicted octanol–water partition coefficient (Wildman–Crippen LogP) is 3.55. The Kier molecular flexibility index (Phi) is 5.10. The summed E-state index contributed by atoms with van der Waals surface area (Å²) in [6.07, 6.45) is 3.80. The third-order valence-corrected chi connectivity index (χ3v) is 3.86. The van der Waals surface area contributed by atoms with Crippen LogP contribution < -0.4 is 10.1 Å². The van der Waals surface area contributed by atoms with Crippen LogP contribution >= 0.6 is 11.6 Å². The first-order valence-electron chi connectivity index (χ1n) is 7.49. The smallest absolute Gasteiger partial charge is 0.258 e. The number of pyridine rings is 1. The number of aromatic nitrogens is 1. The summed E-state index contributed by atoms with van der Waals surface area (Å²) in [7, 11) is 0. The first kappa shape index (κ1) is 15.8. The molecule has 2 aromatic rings. The Bertz CT molecular complexity index is 687. The van der Waals surface area contributed by atoms with Gasteiger partial charge in [0.05, 0.1) is 11.7 Å². The van der Waals surface area contributed by atoms with E-state index in [0.717, 1.165) is 19.4 Å². The van der Waals surface area contributed by atoms with Gasteiger partial charge >= 0.3 is 0 Å². The number of hydrogen-bond donors (Lipinski definition) is 1. The van der Waals surface area contributed by atoms with Crippen molar-refractivity contribution in [1.29, 1.82) is 0 Å². The third-order valence-electron chi connectivity index (χ3n) is 3.56. The van der Waals surface area contributed by atoms with Gasteiger partial charge in [-0.05, 0) is 37.1 Å². The number of anilines is 1. The molecule has 1 fully saturated rings. The van der Waals surface area contributed by atoms with E-state index in [2.05, 4.69) is 10.3 Å². The van der Waals surface area contributed by atoms with Crippen LogP contribution in [0.5, 0.6) is 5.75 Å². The van der Waals surface area contributed by atoms with Crippen LogP contribution in [0.25, 0.3) is 0 Å². The minimum Gasteiger partial charge on any atom is -0.491 e. The summed E-state index contributed by atoms with van der Waals surface area (Å²) < 4.78 is 11.3. The van der Waals surface area contributed by atoms with Crippen molar-refractivity contribution in [2.75, 3.05) is 18.5 Å². The average molecular weight is 333 g/mol. The van der Waals surface area contributed by atoms with Crippen LogP contribution in [0, 0.1) is 0 Å². The van der Waals surface area contributed by atoms with E-state index in [9.17, 15) is 4.79 Å². The molecule has 23 heavy (non-hydrogen) atoms. The van der Waals surface area contributed by atoms with Crippen LogP contribution in [0.2, 0.25) is 5.15 Å². The Balaban J connectivity index is 1.63. The SMILES string of the molecule is O=C(Nc1cccc(OCC2CCCO2)c1)c1cccnc1Cl. The van der Waals surface area contributed by atoms with Crippen LogP contribution in [0.3, 0.4) is 0 Å². The lowest BCUT2D eigenvalue weighted by Gasteiger charge is -2.12. The maximum atomic E-state index is 12.2. The van der Waals surface area contributed by atoms with Crippen molar-refractivity contribution in [3.05, 3.63) is 53.3 Å². The molecular weight excluding hydrogens is 316 g/mol. The number of amides is 1. The largest absolute Gasteiger partial charge is 0.491 e. The van der Waals surface area contributed by atoms with Crippen LogP contribution in [0.15, 0.2) is 42.6 Å². The van der Waals surface area contributed by atoms with Crippen molar-refractivity contribution < 1.29 is 14.3 Å². The maximum Gasteiger partial charge on any atom is 0.258 e. The monoisotopic (exact) mass is 332 g/mol. The Morgan fingerprint density at radius 1 is 1.39 bits per heavy atom. The van der Waals surface area contributed by atoms with Gasteiger partial charge in [0.25, 0.3) is 5.91 Å². The van der Waals surface area contributed by atoms with E-state index in [-0.39, 0.29) is 17.2 Å². The summed E-state index contributed by atoms with van der Waals surface area (Å²) in [5, 5.41) is 2.97. The molecule has 1 aliphatic heterocycles. The lowest BCUT2D eigenvalue weighted by atomic mass is 10.2. The summed E-state index contributed by atoms with van der Waals surface area (Å²) in [4.78, 5) is 16.1. The minimum atomic E-state index is -0.306. The van der Waals surface area contributed by atoms with Crippen molar-refractivity contribution in [1.82, 2.24) is 4.98 Å². The molecule has 2 heterocycles. The highest BCUT2D eigenvalue weighted by Crippen LogP contribution is 2.21. The number of carbonyl (C=O) groups is 1. The molecule has 1 aliphatic rings. The maximum absolute atomic E-state index is 12.2. The molecule has 120 valence electrons. The second-order valence-electron chi connectivity index (χ2n) is 5.27. The molecule has 1 amide bonds. The summed E-state index contributed by atoms with van der Waals surface area (Å²) >= 11 is 5.93. The van der Waals surface area contributed by atoms with Crippen molar-refractivity contribution in [2.45, 2.75) is 18.9 Å². The zero-order valence-electron chi connectivity index (χ0n) is 12.5. The van der Waals surface area contributed by atoms with Gasteiger partial charge in [0.2, 0.25) is 0 Å². The van der Waals surface area contributed by atoms with E-state index in [1.807, 2.05) is 12.1 Å². The fourth-order valence-electron chi connectivity index (χ4n) is 2.38. The normalized spacial score (nSPS) is 17.0. The first-order chi connectivity index (χ1) is 11.2. The van der Waals surface area contributed by atoms with Gasteiger partial charge < -0.3 is 14.8 Å². The molecule has 1 atom stereocenters. The first-order valence-corrected chi connectivity index (χ1v) is 7.86. The van der Waals surface area contributed by atoms with E-state index >= 15 is 0 Å². The molecule has 5 nitrogen and oxygen atoms in total. The van der Waals surface area contributed by atoms with E-state index < -0.39 is 0 Å². The van der Waals surface area contributed by atoms with Crippen LogP contribution in [0.1, 0.15) is 23.2 Å². The molecule has 1 aromatic carbocycles. The second-order valence-corrected chi connectivity index (χ2v) is 5.63. The average Bonchev–Trinajstić information content (AvgIpc) is 3.07.